The van der Waals surface area contributed by atoms with Gasteiger partial charge in [0.2, 0.25) is 5.78 Å². The van der Waals surface area contributed by atoms with Crippen molar-refractivity contribution in [2.45, 2.75) is 38.2 Å². The normalized spacial score (nSPS) is 25.7. The number of hydrogen-bond acceptors (Lipinski definition) is 6. The monoisotopic (exact) mass is 356 g/mol. The minimum absolute atomic E-state index is 0.197. The van der Waals surface area contributed by atoms with E-state index in [1.54, 1.807) is 31.7 Å². The number of carbonyl (C=O) groups excluding carboxylic acids is 3. The number of nitrogens with zero attached hydrogens (tertiary/aromatic N) is 2. The number of ether oxygens (including phenoxy) is 2. The van der Waals surface area contributed by atoms with Gasteiger partial charge in [-0.05, 0) is 44.7 Å². The van der Waals surface area contributed by atoms with Gasteiger partial charge < -0.3 is 9.47 Å². The second kappa shape index (κ2) is 5.16. The van der Waals surface area contributed by atoms with Crippen LogP contribution in [0.4, 0.5) is 4.79 Å². The zero-order valence-electron chi connectivity index (χ0n) is 15.2. The summed E-state index contributed by atoms with van der Waals surface area (Å²) in [5.41, 5.74) is 0.952. The average molecular weight is 356 g/mol. The number of likely N-dealkylation sites (tertiary alicyclic amines) is 1. The molecule has 3 aliphatic rings. The van der Waals surface area contributed by atoms with Gasteiger partial charge in [0, 0.05) is 29.9 Å². The molecule has 1 saturated heterocycles. The SMILES string of the molecule is COC(=O)c1cnc2c(c1)[C@]13C[C@H]1CN(C(=O)OC(C)(C)C)C3=CC2=O. The lowest BCUT2D eigenvalue weighted by Crippen LogP contribution is -2.38. The van der Waals surface area contributed by atoms with Crippen molar-refractivity contribution in [3.05, 3.63) is 40.9 Å². The van der Waals surface area contributed by atoms with E-state index >= 15 is 0 Å². The Kier molecular flexibility index (Phi) is 3.32. The summed E-state index contributed by atoms with van der Waals surface area (Å²) in [6.45, 7) is 5.91. The molecule has 7 heteroatoms. The minimum atomic E-state index is -0.617. The molecule has 4 rings (SSSR count). The molecule has 2 fully saturated rings. The number of pyridine rings is 1. The molecule has 0 bridgehead atoms. The Morgan fingerprint density at radius 3 is 2.73 bits per heavy atom. The second-order valence-electron chi connectivity index (χ2n) is 7.97. The van der Waals surface area contributed by atoms with Crippen molar-refractivity contribution in [2.75, 3.05) is 13.7 Å². The summed E-state index contributed by atoms with van der Waals surface area (Å²) >= 11 is 0. The number of ketones is 1. The van der Waals surface area contributed by atoms with E-state index in [2.05, 4.69) is 4.98 Å². The predicted octanol–water partition coefficient (Wildman–Crippen LogP) is 2.46. The van der Waals surface area contributed by atoms with Gasteiger partial charge in [0.05, 0.1) is 12.7 Å². The predicted molar refractivity (Wildman–Crippen MR) is 90.7 cm³/mol. The van der Waals surface area contributed by atoms with Crippen LogP contribution in [0, 0.1) is 5.92 Å². The third-order valence-corrected chi connectivity index (χ3v) is 5.16. The molecule has 1 saturated carbocycles. The highest BCUT2D eigenvalue weighted by atomic mass is 16.6. The molecule has 1 aliphatic heterocycles. The van der Waals surface area contributed by atoms with Crippen LogP contribution in [-0.2, 0) is 14.9 Å². The first-order valence-corrected chi connectivity index (χ1v) is 8.53. The molecule has 7 nitrogen and oxygen atoms in total. The Hall–Kier alpha value is -2.70. The lowest BCUT2D eigenvalue weighted by molar-refractivity contribution is 0.0321. The number of carbonyl (C=O) groups is 3. The molecule has 1 aromatic rings. The highest BCUT2D eigenvalue weighted by Crippen LogP contribution is 2.66. The second-order valence-corrected chi connectivity index (χ2v) is 7.97. The van der Waals surface area contributed by atoms with E-state index in [0.717, 1.165) is 6.42 Å². The molecule has 1 aromatic heterocycles. The molecule has 1 amide bonds. The van der Waals surface area contributed by atoms with Gasteiger partial charge >= 0.3 is 12.1 Å². The fraction of sp³-hybridized carbons (Fsp3) is 0.474. The van der Waals surface area contributed by atoms with Gasteiger partial charge in [-0.25, -0.2) is 9.59 Å². The van der Waals surface area contributed by atoms with Gasteiger partial charge in [-0.15, -0.1) is 0 Å². The van der Waals surface area contributed by atoms with Crippen LogP contribution in [0.3, 0.4) is 0 Å². The molecule has 1 spiro atoms. The van der Waals surface area contributed by atoms with Gasteiger partial charge in [0.25, 0.3) is 0 Å². The van der Waals surface area contributed by atoms with Crippen molar-refractivity contribution in [1.82, 2.24) is 9.88 Å². The number of piperidine rings is 1. The van der Waals surface area contributed by atoms with Crippen LogP contribution < -0.4 is 0 Å². The number of methoxy groups -OCH3 is 1. The van der Waals surface area contributed by atoms with Gasteiger partial charge in [-0.2, -0.15) is 0 Å². The standard InChI is InChI=1S/C19H20N2O5/c1-18(2,3)26-17(24)21-9-11-7-19(11)12-5-10(16(23)25-4)8-20-15(12)13(22)6-14(19)21/h5-6,8,11H,7,9H2,1-4H3/t11-,19-/m0/s1. The maximum atomic E-state index is 12.6. The molecule has 0 aromatic carbocycles. The number of allylic oxidation sites excluding steroid dienone is 2. The lowest BCUT2D eigenvalue weighted by atomic mass is 9.83. The molecule has 2 atom stereocenters. The fourth-order valence-corrected chi connectivity index (χ4v) is 4.01. The number of aromatic nitrogens is 1. The summed E-state index contributed by atoms with van der Waals surface area (Å²) in [6.07, 6.45) is 3.22. The van der Waals surface area contributed by atoms with Gasteiger partial charge in [0.1, 0.15) is 11.3 Å². The topological polar surface area (TPSA) is 85.8 Å². The zero-order chi connectivity index (χ0) is 18.9. The smallest absolute Gasteiger partial charge is 0.414 e. The first-order valence-electron chi connectivity index (χ1n) is 8.53. The molecule has 0 N–H and O–H groups in total. The van der Waals surface area contributed by atoms with Crippen molar-refractivity contribution >= 4 is 17.8 Å². The van der Waals surface area contributed by atoms with E-state index in [-0.39, 0.29) is 11.7 Å². The number of rotatable bonds is 1. The van der Waals surface area contributed by atoms with Crippen molar-refractivity contribution in [3.63, 3.8) is 0 Å². The van der Waals surface area contributed by atoms with Crippen LogP contribution in [0.2, 0.25) is 0 Å². The zero-order valence-corrected chi connectivity index (χ0v) is 15.2. The van der Waals surface area contributed by atoms with Crippen molar-refractivity contribution in [2.24, 2.45) is 5.92 Å². The van der Waals surface area contributed by atoms with E-state index in [0.29, 0.717) is 29.1 Å². The summed E-state index contributed by atoms with van der Waals surface area (Å²) < 4.78 is 10.2. The number of fused-ring (bicyclic) bond motifs is 1. The summed E-state index contributed by atoms with van der Waals surface area (Å²) in [6, 6.07) is 1.68. The highest BCUT2D eigenvalue weighted by Gasteiger charge is 2.68. The van der Waals surface area contributed by atoms with E-state index in [1.807, 2.05) is 0 Å². The molecular formula is C19H20N2O5. The fourth-order valence-electron chi connectivity index (χ4n) is 4.01. The minimum Gasteiger partial charge on any atom is -0.465 e. The molecule has 2 heterocycles. The molecule has 2 aliphatic carbocycles. The largest absolute Gasteiger partial charge is 0.465 e. The summed E-state index contributed by atoms with van der Waals surface area (Å²) in [7, 11) is 1.30. The number of amides is 1. The Morgan fingerprint density at radius 2 is 2.08 bits per heavy atom. The number of esters is 1. The Bertz CT molecular complexity index is 882. The quantitative estimate of drug-likeness (QED) is 0.719. The van der Waals surface area contributed by atoms with E-state index in [1.165, 1.54) is 19.4 Å². The van der Waals surface area contributed by atoms with Gasteiger partial charge in [0.15, 0.2) is 0 Å². The van der Waals surface area contributed by atoms with Crippen molar-refractivity contribution in [1.29, 1.82) is 0 Å². The third-order valence-electron chi connectivity index (χ3n) is 5.16. The molecule has 26 heavy (non-hydrogen) atoms. The lowest BCUT2D eigenvalue weighted by Gasteiger charge is -2.30. The third kappa shape index (κ3) is 2.26. The van der Waals surface area contributed by atoms with Crippen molar-refractivity contribution < 1.29 is 23.9 Å². The van der Waals surface area contributed by atoms with Crippen molar-refractivity contribution in [3.8, 4) is 0 Å². The molecule has 136 valence electrons. The van der Waals surface area contributed by atoms with E-state index < -0.39 is 23.1 Å². The van der Waals surface area contributed by atoms with E-state index in [9.17, 15) is 14.4 Å². The first kappa shape index (κ1) is 16.8. The average Bonchev–Trinajstić information content (AvgIpc) is 3.20. The van der Waals surface area contributed by atoms with Crippen LogP contribution >= 0.6 is 0 Å². The first-order chi connectivity index (χ1) is 12.2. The van der Waals surface area contributed by atoms with Crippen LogP contribution in [0.1, 0.15) is 53.6 Å². The molecule has 0 unspecified atom stereocenters. The van der Waals surface area contributed by atoms with Crippen LogP contribution in [0.15, 0.2) is 24.0 Å². The molecule has 0 radical (unpaired) electrons. The highest BCUT2D eigenvalue weighted by molar-refractivity contribution is 6.08. The van der Waals surface area contributed by atoms with Gasteiger partial charge in [-0.3, -0.25) is 14.7 Å². The summed E-state index contributed by atoms with van der Waals surface area (Å²) in [4.78, 5) is 42.8. The Balaban J connectivity index is 1.75. The van der Waals surface area contributed by atoms with Crippen LogP contribution in [-0.4, -0.2) is 47.0 Å². The Morgan fingerprint density at radius 1 is 1.35 bits per heavy atom. The van der Waals surface area contributed by atoms with Crippen LogP contribution in [0.5, 0.6) is 0 Å². The summed E-state index contributed by atoms with van der Waals surface area (Å²) in [5, 5.41) is 0. The maximum Gasteiger partial charge on any atom is 0.414 e. The van der Waals surface area contributed by atoms with E-state index in [4.69, 9.17) is 9.47 Å². The maximum absolute atomic E-state index is 12.6. The van der Waals surface area contributed by atoms with Crippen LogP contribution in [0.25, 0.3) is 0 Å². The summed E-state index contributed by atoms with van der Waals surface area (Å²) in [5.74, 6) is -0.569. The van der Waals surface area contributed by atoms with Gasteiger partial charge in [-0.1, -0.05) is 0 Å². The molecular weight excluding hydrogens is 336 g/mol. The Labute approximate surface area is 151 Å². The number of hydrogen-bond donors (Lipinski definition) is 0.